The smallest absolute Gasteiger partial charge is 0.0681 e. The number of aliphatic hydroxyl groups is 1. The third-order valence-corrected chi connectivity index (χ3v) is 3.84. The van der Waals surface area contributed by atoms with Crippen molar-refractivity contribution in [1.29, 1.82) is 0 Å². The van der Waals surface area contributed by atoms with E-state index >= 15 is 0 Å². The van der Waals surface area contributed by atoms with Gasteiger partial charge in [0, 0.05) is 12.6 Å². The summed E-state index contributed by atoms with van der Waals surface area (Å²) < 4.78 is 0. The molecule has 1 unspecified atom stereocenters. The van der Waals surface area contributed by atoms with Gasteiger partial charge in [-0.2, -0.15) is 0 Å². The molecule has 0 aliphatic heterocycles. The maximum absolute atomic E-state index is 9.04. The van der Waals surface area contributed by atoms with Crippen LogP contribution in [0.1, 0.15) is 48.6 Å². The second-order valence-corrected chi connectivity index (χ2v) is 5.57. The van der Waals surface area contributed by atoms with Gasteiger partial charge < -0.3 is 10.4 Å². The molecule has 0 fully saturated rings. The van der Waals surface area contributed by atoms with Crippen molar-refractivity contribution in [3.05, 3.63) is 70.8 Å². The first kappa shape index (κ1) is 15.7. The highest BCUT2D eigenvalue weighted by Crippen LogP contribution is 2.15. The Morgan fingerprint density at radius 1 is 0.905 bits per heavy atom. The van der Waals surface area contributed by atoms with Crippen LogP contribution < -0.4 is 5.32 Å². The topological polar surface area (TPSA) is 32.3 Å². The van der Waals surface area contributed by atoms with Crippen molar-refractivity contribution < 1.29 is 5.11 Å². The molecule has 2 rings (SSSR count). The van der Waals surface area contributed by atoms with E-state index in [1.165, 1.54) is 23.1 Å². The van der Waals surface area contributed by atoms with E-state index < -0.39 is 0 Å². The van der Waals surface area contributed by atoms with Crippen LogP contribution in [-0.4, -0.2) is 5.11 Å². The summed E-state index contributed by atoms with van der Waals surface area (Å²) in [4.78, 5) is 0. The molecule has 0 aliphatic rings. The fourth-order valence-electron chi connectivity index (χ4n) is 2.41. The normalized spacial score (nSPS) is 12.3. The van der Waals surface area contributed by atoms with Crippen LogP contribution in [0.15, 0.2) is 48.5 Å². The molecule has 0 amide bonds. The lowest BCUT2D eigenvalue weighted by atomic mass is 10.0. The average Bonchev–Trinajstić information content (AvgIpc) is 2.54. The Balaban J connectivity index is 1.89. The molecule has 0 heterocycles. The molecule has 0 spiro atoms. The molecule has 0 saturated carbocycles. The molecule has 0 aliphatic carbocycles. The van der Waals surface area contributed by atoms with Crippen molar-refractivity contribution in [2.75, 3.05) is 0 Å². The molecule has 2 N–H and O–H groups in total. The van der Waals surface area contributed by atoms with Crippen molar-refractivity contribution in [2.45, 2.75) is 45.9 Å². The summed E-state index contributed by atoms with van der Waals surface area (Å²) in [5, 5.41) is 12.6. The molecule has 0 saturated heterocycles. The van der Waals surface area contributed by atoms with Gasteiger partial charge in [0.05, 0.1) is 6.61 Å². The maximum Gasteiger partial charge on any atom is 0.0681 e. The zero-order valence-corrected chi connectivity index (χ0v) is 13.0. The van der Waals surface area contributed by atoms with E-state index in [4.69, 9.17) is 5.11 Å². The van der Waals surface area contributed by atoms with E-state index in [1.54, 1.807) is 0 Å². The van der Waals surface area contributed by atoms with Gasteiger partial charge in [0.15, 0.2) is 0 Å². The second-order valence-electron chi connectivity index (χ2n) is 5.57. The van der Waals surface area contributed by atoms with E-state index in [0.29, 0.717) is 6.04 Å². The van der Waals surface area contributed by atoms with Gasteiger partial charge in [0.1, 0.15) is 0 Å². The largest absolute Gasteiger partial charge is 0.392 e. The van der Waals surface area contributed by atoms with Crippen LogP contribution in [0.25, 0.3) is 0 Å². The first-order valence-electron chi connectivity index (χ1n) is 7.73. The lowest BCUT2D eigenvalue weighted by Gasteiger charge is -2.15. The molecular weight excluding hydrogens is 258 g/mol. The number of aliphatic hydroxyl groups excluding tert-OH is 1. The number of rotatable bonds is 7. The fraction of sp³-hybridized carbons (Fsp3) is 0.368. The first-order valence-corrected chi connectivity index (χ1v) is 7.73. The molecule has 2 heteroatoms. The van der Waals surface area contributed by atoms with Gasteiger partial charge >= 0.3 is 0 Å². The van der Waals surface area contributed by atoms with Crippen molar-refractivity contribution >= 4 is 0 Å². The number of benzene rings is 2. The molecule has 0 radical (unpaired) electrons. The Hall–Kier alpha value is -1.64. The summed E-state index contributed by atoms with van der Waals surface area (Å²) in [6, 6.07) is 17.3. The number of hydrogen-bond donors (Lipinski definition) is 2. The highest BCUT2D eigenvalue weighted by atomic mass is 16.3. The lowest BCUT2D eigenvalue weighted by molar-refractivity contribution is 0.282. The van der Waals surface area contributed by atoms with Gasteiger partial charge in [-0.05, 0) is 35.6 Å². The third kappa shape index (κ3) is 4.69. The second kappa shape index (κ2) is 7.96. The Bertz CT molecular complexity index is 530. The maximum atomic E-state index is 9.04. The SMILES string of the molecule is CCCc1ccc(C(C)NCc2ccc(CO)cc2)cc1. The molecule has 112 valence electrons. The third-order valence-electron chi connectivity index (χ3n) is 3.84. The molecule has 0 bridgehead atoms. The van der Waals surface area contributed by atoms with Crippen LogP contribution in [0.3, 0.4) is 0 Å². The quantitative estimate of drug-likeness (QED) is 0.805. The molecule has 2 aromatic rings. The van der Waals surface area contributed by atoms with E-state index in [-0.39, 0.29) is 6.61 Å². The Kier molecular flexibility index (Phi) is 5.97. The lowest BCUT2D eigenvalue weighted by Crippen LogP contribution is -2.18. The minimum atomic E-state index is 0.105. The van der Waals surface area contributed by atoms with Crippen LogP contribution in [-0.2, 0) is 19.6 Å². The molecule has 0 aromatic heterocycles. The van der Waals surface area contributed by atoms with Crippen LogP contribution in [0.5, 0.6) is 0 Å². The Labute approximate surface area is 127 Å². The van der Waals surface area contributed by atoms with Crippen molar-refractivity contribution in [1.82, 2.24) is 5.32 Å². The highest BCUT2D eigenvalue weighted by Gasteiger charge is 2.05. The summed E-state index contributed by atoms with van der Waals surface area (Å²) >= 11 is 0. The van der Waals surface area contributed by atoms with Gasteiger partial charge in [-0.15, -0.1) is 0 Å². The number of aryl methyl sites for hydroxylation is 1. The average molecular weight is 283 g/mol. The van der Waals surface area contributed by atoms with Crippen molar-refractivity contribution in [3.8, 4) is 0 Å². The fourth-order valence-corrected chi connectivity index (χ4v) is 2.41. The van der Waals surface area contributed by atoms with E-state index in [0.717, 1.165) is 18.5 Å². The number of nitrogens with one attached hydrogen (secondary N) is 1. The number of hydrogen-bond acceptors (Lipinski definition) is 2. The van der Waals surface area contributed by atoms with Crippen LogP contribution in [0, 0.1) is 0 Å². The standard InChI is InChI=1S/C19H25NO/c1-3-4-16-9-11-19(12-10-16)15(2)20-13-17-5-7-18(14-21)8-6-17/h5-12,15,20-21H,3-4,13-14H2,1-2H3. The molecule has 1 atom stereocenters. The van der Waals surface area contributed by atoms with Crippen molar-refractivity contribution in [3.63, 3.8) is 0 Å². The predicted octanol–water partition coefficient (Wildman–Crippen LogP) is 3.98. The van der Waals surface area contributed by atoms with E-state index in [9.17, 15) is 0 Å². The zero-order chi connectivity index (χ0) is 15.1. The van der Waals surface area contributed by atoms with Gasteiger partial charge in [-0.3, -0.25) is 0 Å². The van der Waals surface area contributed by atoms with E-state index in [1.807, 2.05) is 12.1 Å². The van der Waals surface area contributed by atoms with Gasteiger partial charge in [0.2, 0.25) is 0 Å². The van der Waals surface area contributed by atoms with Crippen LogP contribution in [0.4, 0.5) is 0 Å². The molecule has 21 heavy (non-hydrogen) atoms. The molecular formula is C19H25NO. The van der Waals surface area contributed by atoms with E-state index in [2.05, 4.69) is 55.6 Å². The molecule has 2 nitrogen and oxygen atoms in total. The zero-order valence-electron chi connectivity index (χ0n) is 13.0. The summed E-state index contributed by atoms with van der Waals surface area (Å²) in [5.74, 6) is 0. The van der Waals surface area contributed by atoms with Crippen molar-refractivity contribution in [2.24, 2.45) is 0 Å². The summed E-state index contributed by atoms with van der Waals surface area (Å²) in [5.41, 5.74) is 4.93. The first-order chi connectivity index (χ1) is 10.2. The minimum absolute atomic E-state index is 0.105. The predicted molar refractivity (Wildman–Crippen MR) is 88.1 cm³/mol. The monoisotopic (exact) mass is 283 g/mol. The summed E-state index contributed by atoms with van der Waals surface area (Å²) in [7, 11) is 0. The summed E-state index contributed by atoms with van der Waals surface area (Å²) in [6.45, 7) is 5.34. The van der Waals surface area contributed by atoms with Gasteiger partial charge in [-0.1, -0.05) is 61.9 Å². The van der Waals surface area contributed by atoms with Crippen LogP contribution >= 0.6 is 0 Å². The van der Waals surface area contributed by atoms with Gasteiger partial charge in [-0.25, -0.2) is 0 Å². The minimum Gasteiger partial charge on any atom is -0.392 e. The van der Waals surface area contributed by atoms with Gasteiger partial charge in [0.25, 0.3) is 0 Å². The highest BCUT2D eigenvalue weighted by molar-refractivity contribution is 5.26. The van der Waals surface area contributed by atoms with Crippen LogP contribution in [0.2, 0.25) is 0 Å². The Morgan fingerprint density at radius 2 is 1.48 bits per heavy atom. The Morgan fingerprint density at radius 3 is 2.05 bits per heavy atom. The molecule has 2 aromatic carbocycles. The summed E-state index contributed by atoms with van der Waals surface area (Å²) in [6.07, 6.45) is 2.34.